The topological polar surface area (TPSA) is 85.3 Å². The number of anilines is 1. The van der Waals surface area contributed by atoms with E-state index in [1.807, 2.05) is 4.90 Å². The van der Waals surface area contributed by atoms with Crippen molar-refractivity contribution < 1.29 is 4.92 Å². The van der Waals surface area contributed by atoms with E-state index in [1.54, 1.807) is 6.20 Å². The molecule has 17 heavy (non-hydrogen) atoms. The van der Waals surface area contributed by atoms with E-state index in [0.717, 1.165) is 19.4 Å². The Kier molecular flexibility index (Phi) is 3.58. The largest absolute Gasteiger partial charge is 0.363 e. The summed E-state index contributed by atoms with van der Waals surface area (Å²) < 4.78 is 0.640. The van der Waals surface area contributed by atoms with Gasteiger partial charge in [0.1, 0.15) is 11.9 Å². The third kappa shape index (κ3) is 2.55. The molecule has 1 aliphatic heterocycles. The van der Waals surface area contributed by atoms with Crippen molar-refractivity contribution in [1.82, 2.24) is 4.98 Å². The number of nitro groups is 1. The number of hydrogen-bond donors (Lipinski definition) is 1. The van der Waals surface area contributed by atoms with Gasteiger partial charge in [0.15, 0.2) is 0 Å². The molecule has 1 fully saturated rings. The first-order chi connectivity index (χ1) is 8.09. The number of nitrogens with zero attached hydrogens (tertiary/aromatic N) is 3. The van der Waals surface area contributed by atoms with Gasteiger partial charge in [-0.25, -0.2) is 0 Å². The molecular weight excluding hydrogens is 288 g/mol. The van der Waals surface area contributed by atoms with E-state index in [9.17, 15) is 10.1 Å². The van der Waals surface area contributed by atoms with Gasteiger partial charge in [0.25, 0.3) is 0 Å². The molecule has 0 radical (unpaired) electrons. The van der Waals surface area contributed by atoms with Gasteiger partial charge in [-0.1, -0.05) is 0 Å². The second kappa shape index (κ2) is 4.97. The summed E-state index contributed by atoms with van der Waals surface area (Å²) >= 11 is 3.32. The van der Waals surface area contributed by atoms with Crippen LogP contribution in [-0.4, -0.2) is 29.0 Å². The van der Waals surface area contributed by atoms with Crippen molar-refractivity contribution >= 4 is 27.3 Å². The molecule has 1 atom stereocenters. The molecule has 0 amide bonds. The molecule has 0 aromatic carbocycles. The molecule has 0 aliphatic carbocycles. The summed E-state index contributed by atoms with van der Waals surface area (Å²) in [5.74, 6) is 0. The Bertz CT molecular complexity index is 440. The van der Waals surface area contributed by atoms with Crippen LogP contribution >= 0.6 is 15.9 Å². The lowest BCUT2D eigenvalue weighted by Crippen LogP contribution is -2.43. The number of rotatable bonds is 2. The number of piperidine rings is 1. The monoisotopic (exact) mass is 300 g/mol. The van der Waals surface area contributed by atoms with Crippen molar-refractivity contribution in [1.29, 1.82) is 0 Å². The van der Waals surface area contributed by atoms with E-state index >= 15 is 0 Å². The van der Waals surface area contributed by atoms with Crippen molar-refractivity contribution in [2.24, 2.45) is 5.73 Å². The summed E-state index contributed by atoms with van der Waals surface area (Å²) in [5, 5.41) is 11.0. The summed E-state index contributed by atoms with van der Waals surface area (Å²) in [6.45, 7) is 1.43. The summed E-state index contributed by atoms with van der Waals surface area (Å²) in [6, 6.07) is 0.0726. The Morgan fingerprint density at radius 1 is 1.59 bits per heavy atom. The van der Waals surface area contributed by atoms with Gasteiger partial charge in [0.05, 0.1) is 9.40 Å². The molecule has 0 bridgehead atoms. The maximum absolute atomic E-state index is 11.0. The van der Waals surface area contributed by atoms with E-state index < -0.39 is 4.92 Å². The van der Waals surface area contributed by atoms with Crippen LogP contribution in [0.4, 0.5) is 11.4 Å². The van der Waals surface area contributed by atoms with Crippen molar-refractivity contribution in [3.8, 4) is 0 Å². The molecule has 1 saturated heterocycles. The van der Waals surface area contributed by atoms with Crippen LogP contribution in [0.5, 0.6) is 0 Å². The quantitative estimate of drug-likeness (QED) is 0.663. The average molecular weight is 301 g/mol. The Hall–Kier alpha value is -1.21. The van der Waals surface area contributed by atoms with Crippen molar-refractivity contribution in [2.75, 3.05) is 18.0 Å². The van der Waals surface area contributed by atoms with Crippen molar-refractivity contribution in [3.63, 3.8) is 0 Å². The highest BCUT2D eigenvalue weighted by atomic mass is 79.9. The third-order valence-corrected chi connectivity index (χ3v) is 3.40. The first-order valence-corrected chi connectivity index (χ1v) is 6.17. The van der Waals surface area contributed by atoms with Crippen LogP contribution in [-0.2, 0) is 0 Å². The first kappa shape index (κ1) is 12.3. The molecule has 2 N–H and O–H groups in total. The number of aromatic nitrogens is 1. The Morgan fingerprint density at radius 2 is 2.35 bits per heavy atom. The second-order valence-electron chi connectivity index (χ2n) is 4.09. The van der Waals surface area contributed by atoms with Crippen molar-refractivity contribution in [2.45, 2.75) is 18.9 Å². The van der Waals surface area contributed by atoms with Crippen molar-refractivity contribution in [3.05, 3.63) is 27.0 Å². The maximum atomic E-state index is 11.0. The zero-order valence-electron chi connectivity index (χ0n) is 9.17. The Labute approximate surface area is 107 Å². The van der Waals surface area contributed by atoms with Crippen LogP contribution in [0.1, 0.15) is 12.8 Å². The van der Waals surface area contributed by atoms with Gasteiger partial charge in [-0.3, -0.25) is 15.1 Å². The number of pyridine rings is 1. The first-order valence-electron chi connectivity index (χ1n) is 5.38. The van der Waals surface area contributed by atoms with Crippen LogP contribution in [0.15, 0.2) is 16.9 Å². The lowest BCUT2D eigenvalue weighted by atomic mass is 10.1. The summed E-state index contributed by atoms with van der Waals surface area (Å²) in [5.41, 5.74) is 6.50. The fraction of sp³-hybridized carbons (Fsp3) is 0.500. The van der Waals surface area contributed by atoms with Crippen LogP contribution < -0.4 is 10.6 Å². The lowest BCUT2D eigenvalue weighted by molar-refractivity contribution is -0.384. The standard InChI is InChI=1S/C10H13BrN4O2/c11-8-4-13-5-9(15(16)17)10(8)14-3-1-2-7(12)6-14/h4-5,7H,1-3,6,12H2/t7-/m1/s1. The normalized spacial score (nSPS) is 20.4. The van der Waals surface area contributed by atoms with Gasteiger partial charge in [0.2, 0.25) is 0 Å². The zero-order valence-corrected chi connectivity index (χ0v) is 10.8. The van der Waals surface area contributed by atoms with Crippen LogP contribution in [0.2, 0.25) is 0 Å². The van der Waals surface area contributed by atoms with E-state index in [2.05, 4.69) is 20.9 Å². The Balaban J connectivity index is 2.39. The van der Waals surface area contributed by atoms with Gasteiger partial charge < -0.3 is 10.6 Å². The molecule has 2 heterocycles. The number of nitrogens with two attached hydrogens (primary N) is 1. The fourth-order valence-electron chi connectivity index (χ4n) is 2.08. The minimum Gasteiger partial charge on any atom is -0.363 e. The predicted octanol–water partition coefficient (Wildman–Crippen LogP) is 1.68. The molecule has 1 aromatic heterocycles. The molecule has 0 saturated carbocycles. The molecule has 1 aliphatic rings. The highest BCUT2D eigenvalue weighted by Gasteiger charge is 2.26. The molecule has 2 rings (SSSR count). The van der Waals surface area contributed by atoms with Gasteiger partial charge in [-0.2, -0.15) is 0 Å². The lowest BCUT2D eigenvalue weighted by Gasteiger charge is -2.32. The Morgan fingerprint density at radius 3 is 3.00 bits per heavy atom. The minimum absolute atomic E-state index is 0.0217. The summed E-state index contributed by atoms with van der Waals surface area (Å²) in [7, 11) is 0. The highest BCUT2D eigenvalue weighted by molar-refractivity contribution is 9.10. The van der Waals surface area contributed by atoms with E-state index in [0.29, 0.717) is 16.7 Å². The SMILES string of the molecule is N[C@@H]1CCCN(c2c(Br)cncc2[N+](=O)[O-])C1. The molecule has 92 valence electrons. The van der Waals surface area contributed by atoms with Crippen LogP contribution in [0.25, 0.3) is 0 Å². The van der Waals surface area contributed by atoms with Crippen LogP contribution in [0, 0.1) is 10.1 Å². The maximum Gasteiger partial charge on any atom is 0.311 e. The van der Waals surface area contributed by atoms with E-state index in [-0.39, 0.29) is 11.7 Å². The molecule has 0 unspecified atom stereocenters. The van der Waals surface area contributed by atoms with Gasteiger partial charge in [0, 0.05) is 25.3 Å². The molecule has 0 spiro atoms. The summed E-state index contributed by atoms with van der Waals surface area (Å²) in [6.07, 6.45) is 4.77. The minimum atomic E-state index is -0.410. The molecule has 1 aromatic rings. The molecule has 7 heteroatoms. The van der Waals surface area contributed by atoms with Gasteiger partial charge >= 0.3 is 5.69 Å². The molecule has 6 nitrogen and oxygen atoms in total. The summed E-state index contributed by atoms with van der Waals surface area (Å²) in [4.78, 5) is 16.4. The third-order valence-electron chi connectivity index (χ3n) is 2.82. The fourth-order valence-corrected chi connectivity index (χ4v) is 2.65. The van der Waals surface area contributed by atoms with Crippen LogP contribution in [0.3, 0.4) is 0 Å². The predicted molar refractivity (Wildman–Crippen MR) is 68.0 cm³/mol. The number of hydrogen-bond acceptors (Lipinski definition) is 5. The zero-order chi connectivity index (χ0) is 12.4. The van der Waals surface area contributed by atoms with Gasteiger partial charge in [-0.15, -0.1) is 0 Å². The average Bonchev–Trinajstić information content (AvgIpc) is 2.28. The van der Waals surface area contributed by atoms with Gasteiger partial charge in [-0.05, 0) is 28.8 Å². The molecular formula is C10H13BrN4O2. The smallest absolute Gasteiger partial charge is 0.311 e. The van der Waals surface area contributed by atoms with E-state index in [1.165, 1.54) is 6.20 Å². The number of halogens is 1. The van der Waals surface area contributed by atoms with E-state index in [4.69, 9.17) is 5.73 Å². The highest BCUT2D eigenvalue weighted by Crippen LogP contribution is 2.35. The second-order valence-corrected chi connectivity index (χ2v) is 4.95.